The molecule has 18 heavy (non-hydrogen) atoms. The van der Waals surface area contributed by atoms with Crippen molar-refractivity contribution in [2.75, 3.05) is 39.8 Å². The Morgan fingerprint density at radius 2 is 2.50 bits per heavy atom. The number of piperidine rings is 1. The van der Waals surface area contributed by atoms with Gasteiger partial charge < -0.3 is 20.6 Å². The summed E-state index contributed by atoms with van der Waals surface area (Å²) in [5.41, 5.74) is 0.0756. The Morgan fingerprint density at radius 3 is 3.11 bits per heavy atom. The van der Waals surface area contributed by atoms with E-state index >= 15 is 0 Å². The van der Waals surface area contributed by atoms with Gasteiger partial charge in [0.25, 0.3) is 0 Å². The van der Waals surface area contributed by atoms with Crippen molar-refractivity contribution in [1.82, 2.24) is 15.5 Å². The van der Waals surface area contributed by atoms with Gasteiger partial charge in [-0.2, -0.15) is 0 Å². The van der Waals surface area contributed by atoms with E-state index in [0.29, 0.717) is 13.0 Å². The number of likely N-dealkylation sites (tertiary alicyclic amines) is 1. The van der Waals surface area contributed by atoms with E-state index in [2.05, 4.69) is 20.5 Å². The Kier molecular flexibility index (Phi) is 4.06. The summed E-state index contributed by atoms with van der Waals surface area (Å²) in [7, 11) is 1.75. The first kappa shape index (κ1) is 13.1. The first-order chi connectivity index (χ1) is 8.69. The third-order valence-corrected chi connectivity index (χ3v) is 3.76. The molecule has 0 aromatic carbocycles. The van der Waals surface area contributed by atoms with Crippen LogP contribution in [0.2, 0.25) is 0 Å². The van der Waals surface area contributed by atoms with Crippen molar-refractivity contribution in [3.63, 3.8) is 0 Å². The maximum atomic E-state index is 11.4. The molecule has 1 spiro atoms. The second kappa shape index (κ2) is 5.56. The minimum Gasteiger partial charge on any atom is -0.395 e. The lowest BCUT2D eigenvalue weighted by Crippen LogP contribution is -2.51. The van der Waals surface area contributed by atoms with Gasteiger partial charge in [0, 0.05) is 45.1 Å². The summed E-state index contributed by atoms with van der Waals surface area (Å²) in [6, 6.07) is 0. The quantitative estimate of drug-likeness (QED) is 0.443. The second-order valence-electron chi connectivity index (χ2n) is 5.18. The highest BCUT2D eigenvalue weighted by atomic mass is 16.3. The largest absolute Gasteiger partial charge is 0.395 e. The number of guanidine groups is 1. The molecule has 2 heterocycles. The zero-order valence-electron chi connectivity index (χ0n) is 10.9. The molecule has 2 saturated heterocycles. The number of aliphatic imine (C=N–C) groups is 1. The average Bonchev–Trinajstić information content (AvgIpc) is 2.71. The molecule has 1 atom stereocenters. The third kappa shape index (κ3) is 2.75. The van der Waals surface area contributed by atoms with E-state index in [1.807, 2.05) is 0 Å². The lowest BCUT2D eigenvalue weighted by Gasteiger charge is -2.40. The molecule has 0 saturated carbocycles. The predicted octanol–water partition coefficient (Wildman–Crippen LogP) is -0.844. The zero-order valence-corrected chi connectivity index (χ0v) is 10.9. The van der Waals surface area contributed by atoms with Crippen LogP contribution in [-0.2, 0) is 4.79 Å². The number of hydrogen-bond donors (Lipinski definition) is 3. The molecule has 2 rings (SSSR count). The molecule has 1 amide bonds. The average molecular weight is 254 g/mol. The van der Waals surface area contributed by atoms with Crippen molar-refractivity contribution >= 4 is 11.9 Å². The summed E-state index contributed by atoms with van der Waals surface area (Å²) >= 11 is 0. The number of rotatable bonds is 2. The van der Waals surface area contributed by atoms with Gasteiger partial charge in [-0.3, -0.25) is 9.79 Å². The molecule has 6 nitrogen and oxygen atoms in total. The number of amides is 1. The van der Waals surface area contributed by atoms with Crippen LogP contribution in [0.25, 0.3) is 0 Å². The Balaban J connectivity index is 1.99. The van der Waals surface area contributed by atoms with Crippen LogP contribution in [0.3, 0.4) is 0 Å². The lowest BCUT2D eigenvalue weighted by molar-refractivity contribution is -0.119. The number of carbonyl (C=O) groups excluding carboxylic acids is 1. The maximum Gasteiger partial charge on any atom is 0.220 e. The predicted molar refractivity (Wildman–Crippen MR) is 69.3 cm³/mol. The first-order valence-electron chi connectivity index (χ1n) is 6.52. The highest BCUT2D eigenvalue weighted by molar-refractivity contribution is 5.81. The van der Waals surface area contributed by atoms with Gasteiger partial charge in [-0.25, -0.2) is 0 Å². The number of aliphatic hydroxyl groups excluding tert-OH is 1. The molecular weight excluding hydrogens is 232 g/mol. The molecule has 2 fully saturated rings. The summed E-state index contributed by atoms with van der Waals surface area (Å²) in [6.45, 7) is 3.20. The molecule has 102 valence electrons. The second-order valence-corrected chi connectivity index (χ2v) is 5.18. The summed E-state index contributed by atoms with van der Waals surface area (Å²) in [5, 5.41) is 14.9. The van der Waals surface area contributed by atoms with Gasteiger partial charge in [0.05, 0.1) is 6.61 Å². The van der Waals surface area contributed by atoms with E-state index in [1.54, 1.807) is 7.05 Å². The van der Waals surface area contributed by atoms with Gasteiger partial charge in [-0.1, -0.05) is 0 Å². The third-order valence-electron chi connectivity index (χ3n) is 3.76. The van der Waals surface area contributed by atoms with Crippen LogP contribution in [0.1, 0.15) is 19.3 Å². The smallest absolute Gasteiger partial charge is 0.220 e. The molecular formula is C12H22N4O2. The van der Waals surface area contributed by atoms with Crippen molar-refractivity contribution < 1.29 is 9.90 Å². The van der Waals surface area contributed by atoms with Gasteiger partial charge in [0.15, 0.2) is 5.96 Å². The van der Waals surface area contributed by atoms with E-state index in [4.69, 9.17) is 5.11 Å². The SMILES string of the molecule is CN=C(NCCO)N1CCCC2(CNC(=O)C2)C1. The van der Waals surface area contributed by atoms with Crippen LogP contribution < -0.4 is 10.6 Å². The normalized spacial score (nSPS) is 28.7. The number of carbonyl (C=O) groups is 1. The fraction of sp³-hybridized carbons (Fsp3) is 0.833. The van der Waals surface area contributed by atoms with Gasteiger partial charge in [-0.15, -0.1) is 0 Å². The molecule has 2 aliphatic rings. The van der Waals surface area contributed by atoms with Crippen molar-refractivity contribution in [2.24, 2.45) is 10.4 Å². The van der Waals surface area contributed by atoms with Crippen molar-refractivity contribution in [1.29, 1.82) is 0 Å². The van der Waals surface area contributed by atoms with Crippen LogP contribution in [0.4, 0.5) is 0 Å². The molecule has 0 aliphatic carbocycles. The van der Waals surface area contributed by atoms with Crippen molar-refractivity contribution in [2.45, 2.75) is 19.3 Å². The first-order valence-corrected chi connectivity index (χ1v) is 6.52. The fourth-order valence-electron chi connectivity index (χ4n) is 2.93. The number of nitrogens with zero attached hydrogens (tertiary/aromatic N) is 2. The molecule has 0 aromatic heterocycles. The van der Waals surface area contributed by atoms with E-state index in [-0.39, 0.29) is 17.9 Å². The molecule has 6 heteroatoms. The summed E-state index contributed by atoms with van der Waals surface area (Å²) < 4.78 is 0. The standard InChI is InChI=1S/C12H22N4O2/c1-13-11(14-4-6-17)16-5-2-3-12(9-16)7-10(18)15-8-12/h17H,2-9H2,1H3,(H,13,14)(H,15,18). The van der Waals surface area contributed by atoms with Crippen molar-refractivity contribution in [3.8, 4) is 0 Å². The topological polar surface area (TPSA) is 77.0 Å². The Hall–Kier alpha value is -1.30. The summed E-state index contributed by atoms with van der Waals surface area (Å²) in [4.78, 5) is 17.9. The molecule has 0 radical (unpaired) electrons. The lowest BCUT2D eigenvalue weighted by atomic mass is 9.79. The maximum absolute atomic E-state index is 11.4. The molecule has 0 aromatic rings. The van der Waals surface area contributed by atoms with E-state index in [9.17, 15) is 4.79 Å². The van der Waals surface area contributed by atoms with Crippen molar-refractivity contribution in [3.05, 3.63) is 0 Å². The van der Waals surface area contributed by atoms with E-state index in [0.717, 1.165) is 38.4 Å². The van der Waals surface area contributed by atoms with Gasteiger partial charge in [0.1, 0.15) is 0 Å². The summed E-state index contributed by atoms with van der Waals surface area (Å²) in [6.07, 6.45) is 2.80. The van der Waals surface area contributed by atoms with Gasteiger partial charge in [0.2, 0.25) is 5.91 Å². The highest BCUT2D eigenvalue weighted by Gasteiger charge is 2.42. The molecule has 1 unspecified atom stereocenters. The minimum atomic E-state index is 0.0756. The molecule has 0 bridgehead atoms. The van der Waals surface area contributed by atoms with Crippen LogP contribution in [0, 0.1) is 5.41 Å². The van der Waals surface area contributed by atoms with Crippen LogP contribution in [0.5, 0.6) is 0 Å². The number of hydrogen-bond acceptors (Lipinski definition) is 3. The number of nitrogens with one attached hydrogen (secondary N) is 2. The molecule has 3 N–H and O–H groups in total. The van der Waals surface area contributed by atoms with Crippen LogP contribution in [-0.4, -0.2) is 61.7 Å². The zero-order chi connectivity index (χ0) is 13.0. The van der Waals surface area contributed by atoms with E-state index in [1.165, 1.54) is 0 Å². The Labute approximate surface area is 107 Å². The fourth-order valence-corrected chi connectivity index (χ4v) is 2.93. The van der Waals surface area contributed by atoms with Crippen LogP contribution in [0.15, 0.2) is 4.99 Å². The highest BCUT2D eigenvalue weighted by Crippen LogP contribution is 2.35. The molecule has 2 aliphatic heterocycles. The van der Waals surface area contributed by atoms with Gasteiger partial charge in [-0.05, 0) is 12.8 Å². The minimum absolute atomic E-state index is 0.0756. The van der Waals surface area contributed by atoms with E-state index < -0.39 is 0 Å². The Morgan fingerprint density at radius 1 is 1.67 bits per heavy atom. The Bertz CT molecular complexity index is 345. The van der Waals surface area contributed by atoms with Crippen LogP contribution >= 0.6 is 0 Å². The number of aliphatic hydroxyl groups is 1. The monoisotopic (exact) mass is 254 g/mol. The van der Waals surface area contributed by atoms with Gasteiger partial charge >= 0.3 is 0 Å². The summed E-state index contributed by atoms with van der Waals surface area (Å²) in [5.74, 6) is 0.984.